The molecule has 1 aromatic rings. The van der Waals surface area contributed by atoms with Crippen molar-refractivity contribution in [3.63, 3.8) is 0 Å². The molecule has 1 rings (SSSR count). The zero-order chi connectivity index (χ0) is 13.5. The largest absolute Gasteiger partial charge is 0.393 e. The maximum absolute atomic E-state index is 9.38. The molecule has 0 saturated heterocycles. The van der Waals surface area contributed by atoms with Crippen LogP contribution in [0, 0.1) is 0 Å². The van der Waals surface area contributed by atoms with Gasteiger partial charge in [-0.3, -0.25) is 0 Å². The summed E-state index contributed by atoms with van der Waals surface area (Å²) in [6.45, 7) is 8.81. The molecule has 0 fully saturated rings. The predicted molar refractivity (Wildman–Crippen MR) is 75.0 cm³/mol. The summed E-state index contributed by atoms with van der Waals surface area (Å²) in [5, 5.41) is 16.0. The molecule has 0 saturated carbocycles. The van der Waals surface area contributed by atoms with Crippen molar-refractivity contribution in [3.8, 4) is 0 Å². The average molecular weight is 252 g/mol. The van der Waals surface area contributed by atoms with Crippen LogP contribution in [0.2, 0.25) is 0 Å². The number of aromatic nitrogens is 2. The fraction of sp³-hybridized carbons (Fsp3) is 0.692. The summed E-state index contributed by atoms with van der Waals surface area (Å²) >= 11 is 0. The van der Waals surface area contributed by atoms with E-state index in [2.05, 4.69) is 27.5 Å². The molecule has 18 heavy (non-hydrogen) atoms. The van der Waals surface area contributed by atoms with Crippen molar-refractivity contribution >= 4 is 11.6 Å². The molecule has 0 aliphatic carbocycles. The number of aliphatic hydroxyl groups excluding tert-OH is 1. The van der Waals surface area contributed by atoms with E-state index in [1.165, 1.54) is 0 Å². The van der Waals surface area contributed by atoms with Gasteiger partial charge in [-0.25, -0.2) is 9.97 Å². The fourth-order valence-corrected chi connectivity index (χ4v) is 2.00. The van der Waals surface area contributed by atoms with E-state index in [-0.39, 0.29) is 12.1 Å². The van der Waals surface area contributed by atoms with Gasteiger partial charge >= 0.3 is 0 Å². The third-order valence-electron chi connectivity index (χ3n) is 2.72. The Morgan fingerprint density at radius 3 is 2.44 bits per heavy atom. The highest BCUT2D eigenvalue weighted by Gasteiger charge is 2.12. The monoisotopic (exact) mass is 252 g/mol. The van der Waals surface area contributed by atoms with Crippen molar-refractivity contribution in [2.75, 3.05) is 17.2 Å². The van der Waals surface area contributed by atoms with Gasteiger partial charge in [-0.2, -0.15) is 0 Å². The molecule has 1 aromatic heterocycles. The van der Waals surface area contributed by atoms with Crippen molar-refractivity contribution in [3.05, 3.63) is 11.9 Å². The molecule has 1 heterocycles. The van der Waals surface area contributed by atoms with Crippen molar-refractivity contribution < 1.29 is 5.11 Å². The van der Waals surface area contributed by atoms with E-state index >= 15 is 0 Å². The van der Waals surface area contributed by atoms with Gasteiger partial charge in [0.05, 0.1) is 6.10 Å². The van der Waals surface area contributed by atoms with Gasteiger partial charge in [0.25, 0.3) is 0 Å². The van der Waals surface area contributed by atoms with Crippen molar-refractivity contribution in [2.24, 2.45) is 0 Å². The van der Waals surface area contributed by atoms with Gasteiger partial charge in [-0.05, 0) is 33.6 Å². The molecule has 0 aromatic carbocycles. The molecule has 0 spiro atoms. The number of nitrogens with one attached hydrogen (secondary N) is 2. The van der Waals surface area contributed by atoms with E-state index in [4.69, 9.17) is 0 Å². The van der Waals surface area contributed by atoms with Gasteiger partial charge in [0.1, 0.15) is 18.0 Å². The van der Waals surface area contributed by atoms with Crippen LogP contribution in [-0.4, -0.2) is 33.8 Å². The van der Waals surface area contributed by atoms with Crippen LogP contribution in [0.4, 0.5) is 11.6 Å². The minimum Gasteiger partial charge on any atom is -0.393 e. The molecule has 102 valence electrons. The lowest BCUT2D eigenvalue weighted by molar-refractivity contribution is 0.179. The number of aliphatic hydroxyl groups is 1. The van der Waals surface area contributed by atoms with E-state index in [0.717, 1.165) is 30.2 Å². The van der Waals surface area contributed by atoms with Crippen molar-refractivity contribution in [1.82, 2.24) is 9.97 Å². The topological polar surface area (TPSA) is 70.1 Å². The molecule has 0 bridgehead atoms. The maximum Gasteiger partial charge on any atom is 0.134 e. The Morgan fingerprint density at radius 1 is 1.22 bits per heavy atom. The van der Waals surface area contributed by atoms with Crippen LogP contribution in [0.5, 0.6) is 0 Å². The fourth-order valence-electron chi connectivity index (χ4n) is 2.00. The molecule has 0 amide bonds. The van der Waals surface area contributed by atoms with Gasteiger partial charge in [-0.15, -0.1) is 0 Å². The highest BCUT2D eigenvalue weighted by atomic mass is 16.3. The van der Waals surface area contributed by atoms with E-state index in [0.29, 0.717) is 6.42 Å². The lowest BCUT2D eigenvalue weighted by Gasteiger charge is -2.19. The number of anilines is 2. The van der Waals surface area contributed by atoms with Gasteiger partial charge in [0, 0.05) is 18.2 Å². The van der Waals surface area contributed by atoms with Crippen LogP contribution in [0.25, 0.3) is 0 Å². The van der Waals surface area contributed by atoms with Crippen LogP contribution in [0.1, 0.15) is 39.7 Å². The summed E-state index contributed by atoms with van der Waals surface area (Å²) in [5.74, 6) is 1.75. The smallest absolute Gasteiger partial charge is 0.134 e. The molecule has 3 N–H and O–H groups in total. The zero-order valence-corrected chi connectivity index (χ0v) is 11.7. The van der Waals surface area contributed by atoms with Crippen LogP contribution >= 0.6 is 0 Å². The first-order valence-corrected chi connectivity index (χ1v) is 6.60. The molecule has 5 heteroatoms. The molecule has 2 atom stereocenters. The van der Waals surface area contributed by atoms with Gasteiger partial charge < -0.3 is 15.7 Å². The van der Waals surface area contributed by atoms with Gasteiger partial charge in [0.15, 0.2) is 0 Å². The molecular formula is C13H24N4O. The summed E-state index contributed by atoms with van der Waals surface area (Å²) in [7, 11) is 0. The third kappa shape index (κ3) is 4.14. The van der Waals surface area contributed by atoms with Gasteiger partial charge in [-0.1, -0.05) is 6.92 Å². The highest BCUT2D eigenvalue weighted by Crippen LogP contribution is 2.21. The van der Waals surface area contributed by atoms with E-state index in [9.17, 15) is 5.11 Å². The van der Waals surface area contributed by atoms with E-state index in [1.54, 1.807) is 13.3 Å². The summed E-state index contributed by atoms with van der Waals surface area (Å²) in [5.41, 5.74) is 1.09. The maximum atomic E-state index is 9.38. The number of rotatable bonds is 7. The Bertz CT molecular complexity index is 368. The zero-order valence-electron chi connectivity index (χ0n) is 11.7. The highest BCUT2D eigenvalue weighted by molar-refractivity contribution is 5.57. The number of hydrogen-bond donors (Lipinski definition) is 3. The Morgan fingerprint density at radius 2 is 1.89 bits per heavy atom. The normalized spacial score (nSPS) is 14.1. The molecular weight excluding hydrogens is 228 g/mol. The summed E-state index contributed by atoms with van der Waals surface area (Å²) < 4.78 is 0. The second-order valence-corrected chi connectivity index (χ2v) is 4.56. The summed E-state index contributed by atoms with van der Waals surface area (Å²) in [4.78, 5) is 8.55. The lowest BCUT2D eigenvalue weighted by Crippen LogP contribution is -2.22. The standard InChI is InChI=1S/C13H24N4O/c1-5-11-12(14-6-2)15-8-16-13(11)17-9(3)7-10(4)18/h8-10,18H,5-7H2,1-4H3,(H2,14,15,16,17). The number of hydrogen-bond acceptors (Lipinski definition) is 5. The second-order valence-electron chi connectivity index (χ2n) is 4.56. The Kier molecular flexibility index (Phi) is 5.85. The first-order chi connectivity index (χ1) is 8.58. The Hall–Kier alpha value is -1.36. The molecule has 5 nitrogen and oxygen atoms in total. The quantitative estimate of drug-likeness (QED) is 0.693. The SMILES string of the molecule is CCNc1ncnc(NC(C)CC(C)O)c1CC. The van der Waals surface area contributed by atoms with Crippen LogP contribution < -0.4 is 10.6 Å². The van der Waals surface area contributed by atoms with Crippen molar-refractivity contribution in [1.29, 1.82) is 0 Å². The summed E-state index contributed by atoms with van der Waals surface area (Å²) in [6, 6.07) is 0.180. The van der Waals surface area contributed by atoms with Crippen LogP contribution in [0.3, 0.4) is 0 Å². The van der Waals surface area contributed by atoms with Crippen LogP contribution in [0.15, 0.2) is 6.33 Å². The van der Waals surface area contributed by atoms with E-state index < -0.39 is 0 Å². The molecule has 2 unspecified atom stereocenters. The number of nitrogens with zero attached hydrogens (tertiary/aromatic N) is 2. The minimum absolute atomic E-state index is 0.180. The second kappa shape index (κ2) is 7.16. The molecule has 0 radical (unpaired) electrons. The average Bonchev–Trinajstić information content (AvgIpc) is 2.28. The Labute approximate surface area is 109 Å². The predicted octanol–water partition coefficient (Wildman–Crippen LogP) is 2.04. The van der Waals surface area contributed by atoms with Gasteiger partial charge in [0.2, 0.25) is 0 Å². The van der Waals surface area contributed by atoms with Crippen LogP contribution in [-0.2, 0) is 6.42 Å². The Balaban J connectivity index is 2.84. The minimum atomic E-state index is -0.312. The first kappa shape index (κ1) is 14.7. The van der Waals surface area contributed by atoms with E-state index in [1.807, 2.05) is 13.8 Å². The lowest BCUT2D eigenvalue weighted by atomic mass is 10.1. The van der Waals surface area contributed by atoms with Crippen molar-refractivity contribution in [2.45, 2.75) is 52.7 Å². The first-order valence-electron chi connectivity index (χ1n) is 6.60. The third-order valence-corrected chi connectivity index (χ3v) is 2.72. The molecule has 0 aliphatic heterocycles. The molecule has 0 aliphatic rings. The summed E-state index contributed by atoms with van der Waals surface area (Å²) in [6.07, 6.45) is 2.82.